The Balaban J connectivity index is 2.39. The first-order valence-corrected chi connectivity index (χ1v) is 6.58. The molecule has 0 aliphatic rings. The maximum atomic E-state index is 12.1. The summed E-state index contributed by atoms with van der Waals surface area (Å²) < 4.78 is 10.9. The molecule has 1 aromatic carbocycles. The van der Waals surface area contributed by atoms with E-state index in [4.69, 9.17) is 9.47 Å². The molecule has 0 aliphatic heterocycles. The number of rotatable bonds is 9. The molecule has 0 fully saturated rings. The summed E-state index contributed by atoms with van der Waals surface area (Å²) in [7, 11) is 0. The molecule has 3 nitrogen and oxygen atoms in total. The van der Waals surface area contributed by atoms with Gasteiger partial charge in [0.15, 0.2) is 5.78 Å². The maximum Gasteiger partial charge on any atom is 0.191 e. The van der Waals surface area contributed by atoms with E-state index in [1.807, 2.05) is 37.3 Å². The van der Waals surface area contributed by atoms with Gasteiger partial charge < -0.3 is 9.47 Å². The molecule has 1 atom stereocenters. The van der Waals surface area contributed by atoms with E-state index in [9.17, 15) is 4.79 Å². The van der Waals surface area contributed by atoms with Crippen molar-refractivity contribution in [3.63, 3.8) is 0 Å². The van der Waals surface area contributed by atoms with Gasteiger partial charge in [-0.3, -0.25) is 4.79 Å². The fourth-order valence-corrected chi connectivity index (χ4v) is 1.66. The largest absolute Gasteiger partial charge is 0.379 e. The predicted octanol–water partition coefficient (Wildman–Crippen LogP) is 3.09. The molecule has 0 saturated carbocycles. The van der Waals surface area contributed by atoms with Crippen LogP contribution in [0.25, 0.3) is 0 Å². The Morgan fingerprint density at radius 2 is 1.83 bits per heavy atom. The van der Waals surface area contributed by atoms with Gasteiger partial charge in [-0.1, -0.05) is 44.2 Å². The average molecular weight is 250 g/mol. The number of ether oxygens (including phenoxy) is 2. The maximum absolute atomic E-state index is 12.1. The highest BCUT2D eigenvalue weighted by molar-refractivity contribution is 5.99. The first kappa shape index (κ1) is 14.9. The predicted molar refractivity (Wildman–Crippen MR) is 71.9 cm³/mol. The average Bonchev–Trinajstić information content (AvgIpc) is 2.43. The van der Waals surface area contributed by atoms with Crippen LogP contribution in [0, 0.1) is 0 Å². The van der Waals surface area contributed by atoms with Crippen LogP contribution in [-0.4, -0.2) is 31.7 Å². The van der Waals surface area contributed by atoms with Gasteiger partial charge in [0.1, 0.15) is 6.10 Å². The van der Waals surface area contributed by atoms with Crippen LogP contribution in [0.15, 0.2) is 30.3 Å². The monoisotopic (exact) mass is 250 g/mol. The molecule has 1 aromatic rings. The summed E-state index contributed by atoms with van der Waals surface area (Å²) in [6.07, 6.45) is 1.32. The number of Topliss-reactive ketones (excluding diaryl/α,β-unsaturated/α-hetero) is 1. The standard InChI is InChI=1S/C15H22O3/c1-3-10-17-11-12-18-14(4-2)15(16)13-8-6-5-7-9-13/h5-9,14H,3-4,10-12H2,1-2H3. The molecule has 0 aliphatic carbocycles. The second-order valence-corrected chi connectivity index (χ2v) is 4.11. The lowest BCUT2D eigenvalue weighted by Gasteiger charge is -2.15. The van der Waals surface area contributed by atoms with Crippen LogP contribution in [0.2, 0.25) is 0 Å². The van der Waals surface area contributed by atoms with Gasteiger partial charge in [-0.15, -0.1) is 0 Å². The highest BCUT2D eigenvalue weighted by Crippen LogP contribution is 2.09. The molecular formula is C15H22O3. The van der Waals surface area contributed by atoms with Gasteiger partial charge in [-0.25, -0.2) is 0 Å². The molecule has 3 heteroatoms. The summed E-state index contributed by atoms with van der Waals surface area (Å²) in [6.45, 7) is 5.78. The van der Waals surface area contributed by atoms with Gasteiger partial charge in [-0.2, -0.15) is 0 Å². The highest BCUT2D eigenvalue weighted by Gasteiger charge is 2.18. The van der Waals surface area contributed by atoms with Crippen molar-refractivity contribution < 1.29 is 14.3 Å². The third-order valence-corrected chi connectivity index (χ3v) is 2.62. The van der Waals surface area contributed by atoms with Crippen molar-refractivity contribution in [3.05, 3.63) is 35.9 Å². The van der Waals surface area contributed by atoms with Crippen LogP contribution < -0.4 is 0 Å². The summed E-state index contributed by atoms with van der Waals surface area (Å²) in [6, 6.07) is 9.27. The zero-order chi connectivity index (χ0) is 13.2. The van der Waals surface area contributed by atoms with Crippen LogP contribution in [0.5, 0.6) is 0 Å². The van der Waals surface area contributed by atoms with Crippen molar-refractivity contribution in [2.24, 2.45) is 0 Å². The molecule has 0 radical (unpaired) electrons. The summed E-state index contributed by atoms with van der Waals surface area (Å²) >= 11 is 0. The normalized spacial score (nSPS) is 12.3. The Bertz CT molecular complexity index is 335. The van der Waals surface area contributed by atoms with E-state index >= 15 is 0 Å². The van der Waals surface area contributed by atoms with E-state index in [1.165, 1.54) is 0 Å². The molecule has 0 aromatic heterocycles. The molecule has 0 spiro atoms. The topological polar surface area (TPSA) is 35.5 Å². The fraction of sp³-hybridized carbons (Fsp3) is 0.533. The zero-order valence-corrected chi connectivity index (χ0v) is 11.2. The summed E-state index contributed by atoms with van der Waals surface area (Å²) in [5.74, 6) is 0.0496. The Kier molecular flexibility index (Phi) is 7.30. The first-order valence-electron chi connectivity index (χ1n) is 6.58. The van der Waals surface area contributed by atoms with Gasteiger partial charge in [0.2, 0.25) is 0 Å². The van der Waals surface area contributed by atoms with Crippen LogP contribution in [0.4, 0.5) is 0 Å². The van der Waals surface area contributed by atoms with Gasteiger partial charge in [0.05, 0.1) is 13.2 Å². The lowest BCUT2D eigenvalue weighted by molar-refractivity contribution is 0.00800. The van der Waals surface area contributed by atoms with Crippen LogP contribution >= 0.6 is 0 Å². The van der Waals surface area contributed by atoms with Gasteiger partial charge in [0.25, 0.3) is 0 Å². The lowest BCUT2D eigenvalue weighted by Crippen LogP contribution is -2.25. The third kappa shape index (κ3) is 4.98. The molecule has 1 rings (SSSR count). The molecule has 0 heterocycles. The van der Waals surface area contributed by atoms with Crippen LogP contribution in [0.1, 0.15) is 37.0 Å². The zero-order valence-electron chi connectivity index (χ0n) is 11.2. The van der Waals surface area contributed by atoms with Crippen molar-refractivity contribution >= 4 is 5.78 Å². The second-order valence-electron chi connectivity index (χ2n) is 4.11. The summed E-state index contributed by atoms with van der Waals surface area (Å²) in [5.41, 5.74) is 0.707. The minimum Gasteiger partial charge on any atom is -0.379 e. The molecular weight excluding hydrogens is 228 g/mol. The molecule has 0 saturated heterocycles. The molecule has 0 amide bonds. The smallest absolute Gasteiger partial charge is 0.191 e. The molecule has 1 unspecified atom stereocenters. The summed E-state index contributed by atoms with van der Waals surface area (Å²) in [5, 5.41) is 0. The van der Waals surface area contributed by atoms with Crippen molar-refractivity contribution in [2.75, 3.05) is 19.8 Å². The van der Waals surface area contributed by atoms with Crippen LogP contribution in [-0.2, 0) is 9.47 Å². The van der Waals surface area contributed by atoms with Gasteiger partial charge >= 0.3 is 0 Å². The van der Waals surface area contributed by atoms with Crippen molar-refractivity contribution in [1.82, 2.24) is 0 Å². The minimum atomic E-state index is -0.363. The number of hydrogen-bond acceptors (Lipinski definition) is 3. The minimum absolute atomic E-state index is 0.0496. The van der Waals surface area contributed by atoms with Crippen LogP contribution in [0.3, 0.4) is 0 Å². The van der Waals surface area contributed by atoms with E-state index in [-0.39, 0.29) is 11.9 Å². The van der Waals surface area contributed by atoms with Gasteiger partial charge in [0, 0.05) is 12.2 Å². The molecule has 0 bridgehead atoms. The summed E-state index contributed by atoms with van der Waals surface area (Å²) in [4.78, 5) is 12.1. The van der Waals surface area contributed by atoms with E-state index in [1.54, 1.807) is 0 Å². The fourth-order valence-electron chi connectivity index (χ4n) is 1.66. The SMILES string of the molecule is CCCOCCOC(CC)C(=O)c1ccccc1. The Morgan fingerprint density at radius 1 is 1.11 bits per heavy atom. The number of carbonyl (C=O) groups is 1. The van der Waals surface area contributed by atoms with Gasteiger partial charge in [-0.05, 0) is 12.8 Å². The lowest BCUT2D eigenvalue weighted by atomic mass is 10.0. The van der Waals surface area contributed by atoms with E-state index in [0.717, 1.165) is 13.0 Å². The highest BCUT2D eigenvalue weighted by atomic mass is 16.5. The van der Waals surface area contributed by atoms with Crippen molar-refractivity contribution in [3.8, 4) is 0 Å². The Morgan fingerprint density at radius 3 is 2.44 bits per heavy atom. The number of benzene rings is 1. The second kappa shape index (κ2) is 8.84. The number of hydrogen-bond donors (Lipinski definition) is 0. The number of ketones is 1. The van der Waals surface area contributed by atoms with Crippen molar-refractivity contribution in [2.45, 2.75) is 32.8 Å². The number of carbonyl (C=O) groups excluding carboxylic acids is 1. The Labute approximate surface area is 109 Å². The quantitative estimate of drug-likeness (QED) is 0.499. The van der Waals surface area contributed by atoms with E-state index in [0.29, 0.717) is 25.2 Å². The molecule has 100 valence electrons. The third-order valence-electron chi connectivity index (χ3n) is 2.62. The van der Waals surface area contributed by atoms with Crippen molar-refractivity contribution in [1.29, 1.82) is 0 Å². The first-order chi connectivity index (χ1) is 8.79. The molecule has 0 N–H and O–H groups in total. The molecule has 18 heavy (non-hydrogen) atoms. The van der Waals surface area contributed by atoms with E-state index in [2.05, 4.69) is 6.92 Å². The Hall–Kier alpha value is -1.19. The van der Waals surface area contributed by atoms with E-state index < -0.39 is 0 Å².